The van der Waals surface area contributed by atoms with Crippen molar-refractivity contribution in [3.8, 4) is 0 Å². The van der Waals surface area contributed by atoms with Gasteiger partial charge in [0, 0.05) is 62.9 Å². The molecule has 148 valence electrons. The van der Waals surface area contributed by atoms with Gasteiger partial charge in [0.15, 0.2) is 17.2 Å². The van der Waals surface area contributed by atoms with E-state index in [-0.39, 0.29) is 5.65 Å². The van der Waals surface area contributed by atoms with Gasteiger partial charge in [-0.05, 0) is 6.07 Å². The zero-order valence-electron chi connectivity index (χ0n) is 14.6. The van der Waals surface area contributed by atoms with Gasteiger partial charge < -0.3 is 9.30 Å². The molecule has 0 aliphatic carbocycles. The van der Waals surface area contributed by atoms with Gasteiger partial charge in [-0.2, -0.15) is 13.2 Å². The summed E-state index contributed by atoms with van der Waals surface area (Å²) in [7, 11) is 0. The van der Waals surface area contributed by atoms with Crippen LogP contribution in [0.2, 0.25) is 0 Å². The fraction of sp³-hybridized carbons (Fsp3) is 0.333. The topological polar surface area (TPSA) is 36.7 Å². The van der Waals surface area contributed by atoms with E-state index in [9.17, 15) is 22.0 Å². The maximum atomic E-state index is 13.8. The summed E-state index contributed by atoms with van der Waals surface area (Å²) in [5.41, 5.74) is -0.418. The molecule has 1 saturated heterocycles. The molecule has 2 aromatic heterocycles. The molecule has 0 N–H and O–H groups in total. The van der Waals surface area contributed by atoms with Crippen molar-refractivity contribution in [1.82, 2.24) is 19.3 Å². The van der Waals surface area contributed by atoms with Crippen molar-refractivity contribution in [3.05, 3.63) is 59.7 Å². The lowest BCUT2D eigenvalue weighted by Crippen LogP contribution is -2.46. The fourth-order valence-corrected chi connectivity index (χ4v) is 3.27. The first kappa shape index (κ1) is 18.6. The Morgan fingerprint density at radius 1 is 1.04 bits per heavy atom. The van der Waals surface area contributed by atoms with Gasteiger partial charge in [0.2, 0.25) is 0 Å². The Bertz CT molecular complexity index is 992. The normalized spacial score (nSPS) is 16.1. The number of aromatic nitrogens is 3. The van der Waals surface area contributed by atoms with Gasteiger partial charge in [0.25, 0.3) is 0 Å². The molecular weight excluding hydrogens is 381 g/mol. The number of rotatable bonds is 3. The number of hydrogen-bond acceptors (Lipinski definition) is 4. The van der Waals surface area contributed by atoms with Crippen LogP contribution in [0.3, 0.4) is 0 Å². The summed E-state index contributed by atoms with van der Waals surface area (Å²) in [6, 6.07) is 3.49. The summed E-state index contributed by atoms with van der Waals surface area (Å²) < 4.78 is 67.0. The van der Waals surface area contributed by atoms with Crippen molar-refractivity contribution in [2.45, 2.75) is 12.7 Å². The van der Waals surface area contributed by atoms with Crippen molar-refractivity contribution in [1.29, 1.82) is 0 Å². The Hall–Kier alpha value is -2.75. The largest absolute Gasteiger partial charge is 0.434 e. The molecule has 0 saturated carbocycles. The number of alkyl halides is 3. The summed E-state index contributed by atoms with van der Waals surface area (Å²) in [4.78, 5) is 11.8. The molecule has 3 aromatic rings. The van der Waals surface area contributed by atoms with Crippen LogP contribution < -0.4 is 4.90 Å². The van der Waals surface area contributed by atoms with Gasteiger partial charge in [0.1, 0.15) is 11.6 Å². The van der Waals surface area contributed by atoms with E-state index in [2.05, 4.69) is 9.97 Å². The standard InChI is InChI=1S/C18H16F5N5/c19-13-2-1-12(14(20)9-13)10-26-5-7-27(8-6-26)16-17-25-15(18(21,22)23)11-28(17)4-3-24-16/h1-4,9,11H,5-8,10H2. The van der Waals surface area contributed by atoms with Crippen LogP contribution in [0.15, 0.2) is 36.8 Å². The molecule has 0 radical (unpaired) electrons. The summed E-state index contributed by atoms with van der Waals surface area (Å²) >= 11 is 0. The van der Waals surface area contributed by atoms with Crippen LogP contribution in [0.4, 0.5) is 27.8 Å². The maximum Gasteiger partial charge on any atom is 0.434 e. The molecule has 1 aromatic carbocycles. The van der Waals surface area contributed by atoms with E-state index in [1.165, 1.54) is 28.9 Å². The predicted octanol–water partition coefficient (Wildman–Crippen LogP) is 3.35. The van der Waals surface area contributed by atoms with Crippen molar-refractivity contribution < 1.29 is 22.0 Å². The van der Waals surface area contributed by atoms with E-state index >= 15 is 0 Å². The third-order valence-corrected chi connectivity index (χ3v) is 4.73. The zero-order chi connectivity index (χ0) is 19.9. The predicted molar refractivity (Wildman–Crippen MR) is 91.8 cm³/mol. The van der Waals surface area contributed by atoms with Gasteiger partial charge in [0.05, 0.1) is 0 Å². The van der Waals surface area contributed by atoms with Crippen molar-refractivity contribution in [2.24, 2.45) is 0 Å². The minimum atomic E-state index is -4.53. The molecule has 0 amide bonds. The second kappa shape index (κ2) is 7.01. The van der Waals surface area contributed by atoms with E-state index in [4.69, 9.17) is 0 Å². The third kappa shape index (κ3) is 3.64. The number of anilines is 1. The van der Waals surface area contributed by atoms with Crippen LogP contribution in [0.1, 0.15) is 11.3 Å². The van der Waals surface area contributed by atoms with Crippen LogP contribution in [-0.2, 0) is 12.7 Å². The lowest BCUT2D eigenvalue weighted by Gasteiger charge is -2.35. The second-order valence-corrected chi connectivity index (χ2v) is 6.60. The number of imidazole rings is 1. The van der Waals surface area contributed by atoms with Gasteiger partial charge in [-0.1, -0.05) is 6.07 Å². The lowest BCUT2D eigenvalue weighted by molar-refractivity contribution is -0.140. The van der Waals surface area contributed by atoms with E-state index in [0.717, 1.165) is 12.3 Å². The molecule has 1 fully saturated rings. The highest BCUT2D eigenvalue weighted by Crippen LogP contribution is 2.30. The van der Waals surface area contributed by atoms with E-state index in [1.807, 2.05) is 9.80 Å². The molecule has 0 spiro atoms. The number of nitrogens with zero attached hydrogens (tertiary/aromatic N) is 5. The first-order valence-electron chi connectivity index (χ1n) is 8.63. The number of piperazine rings is 1. The average Bonchev–Trinajstić information content (AvgIpc) is 3.09. The van der Waals surface area contributed by atoms with Crippen molar-refractivity contribution in [2.75, 3.05) is 31.1 Å². The zero-order valence-corrected chi connectivity index (χ0v) is 14.6. The molecule has 0 atom stereocenters. The fourth-order valence-electron chi connectivity index (χ4n) is 3.27. The third-order valence-electron chi connectivity index (χ3n) is 4.73. The molecule has 1 aliphatic heterocycles. The number of halogens is 5. The van der Waals surface area contributed by atoms with Gasteiger partial charge in [-0.15, -0.1) is 0 Å². The van der Waals surface area contributed by atoms with Gasteiger partial charge in [-0.3, -0.25) is 4.90 Å². The van der Waals surface area contributed by atoms with Gasteiger partial charge >= 0.3 is 6.18 Å². The minimum absolute atomic E-state index is 0.146. The number of benzene rings is 1. The molecule has 10 heteroatoms. The van der Waals surface area contributed by atoms with Crippen molar-refractivity contribution >= 4 is 11.5 Å². The smallest absolute Gasteiger partial charge is 0.351 e. The Balaban J connectivity index is 1.48. The Labute approximate surface area is 157 Å². The van der Waals surface area contributed by atoms with E-state index < -0.39 is 23.5 Å². The van der Waals surface area contributed by atoms with Crippen LogP contribution in [0.25, 0.3) is 5.65 Å². The van der Waals surface area contributed by atoms with Crippen LogP contribution in [0.5, 0.6) is 0 Å². The Morgan fingerprint density at radius 3 is 2.46 bits per heavy atom. The quantitative estimate of drug-likeness (QED) is 0.636. The lowest BCUT2D eigenvalue weighted by atomic mass is 10.2. The highest BCUT2D eigenvalue weighted by Gasteiger charge is 2.34. The van der Waals surface area contributed by atoms with Crippen molar-refractivity contribution in [3.63, 3.8) is 0 Å². The average molecular weight is 397 g/mol. The summed E-state index contributed by atoms with van der Waals surface area (Å²) in [6.45, 7) is 2.46. The van der Waals surface area contributed by atoms with Crippen LogP contribution >= 0.6 is 0 Å². The molecule has 0 bridgehead atoms. The van der Waals surface area contributed by atoms with Crippen LogP contribution in [-0.4, -0.2) is 45.4 Å². The maximum absolute atomic E-state index is 13.8. The SMILES string of the molecule is Fc1ccc(CN2CCN(c3nccn4cc(C(F)(F)F)nc34)CC2)c(F)c1. The van der Waals surface area contributed by atoms with E-state index in [0.29, 0.717) is 44.1 Å². The summed E-state index contributed by atoms with van der Waals surface area (Å²) in [5, 5.41) is 0. The van der Waals surface area contributed by atoms with E-state index in [1.54, 1.807) is 0 Å². The minimum Gasteiger partial charge on any atom is -0.351 e. The van der Waals surface area contributed by atoms with Crippen LogP contribution in [0, 0.1) is 11.6 Å². The second-order valence-electron chi connectivity index (χ2n) is 6.60. The molecule has 1 aliphatic rings. The molecule has 28 heavy (non-hydrogen) atoms. The number of hydrogen-bond donors (Lipinski definition) is 0. The first-order chi connectivity index (χ1) is 13.3. The highest BCUT2D eigenvalue weighted by atomic mass is 19.4. The Morgan fingerprint density at radius 2 is 1.79 bits per heavy atom. The van der Waals surface area contributed by atoms with Gasteiger partial charge in [-0.25, -0.2) is 18.7 Å². The first-order valence-corrected chi connectivity index (χ1v) is 8.63. The summed E-state index contributed by atoms with van der Waals surface area (Å²) in [5.74, 6) is -0.834. The monoisotopic (exact) mass is 397 g/mol. The molecule has 3 heterocycles. The molecule has 5 nitrogen and oxygen atoms in total. The molecule has 0 unspecified atom stereocenters. The molecule has 4 rings (SSSR count). The Kier molecular flexibility index (Phi) is 4.66. The summed E-state index contributed by atoms with van der Waals surface area (Å²) in [6.07, 6.45) is -0.728. The number of fused-ring (bicyclic) bond motifs is 1. The highest BCUT2D eigenvalue weighted by molar-refractivity contribution is 5.64. The molecular formula is C18H16F5N5.